The third-order valence-corrected chi connectivity index (χ3v) is 3.42. The average molecular weight is 360 g/mol. The van der Waals surface area contributed by atoms with E-state index in [4.69, 9.17) is 14.5 Å². The lowest BCUT2D eigenvalue weighted by molar-refractivity contribution is -0.252. The van der Waals surface area contributed by atoms with Gasteiger partial charge in [0.1, 0.15) is 10.8 Å². The van der Waals surface area contributed by atoms with E-state index in [0.29, 0.717) is 0 Å². The second-order valence-corrected chi connectivity index (χ2v) is 5.03. The van der Waals surface area contributed by atoms with Gasteiger partial charge in [-0.15, -0.1) is 4.89 Å². The predicted molar refractivity (Wildman–Crippen MR) is 81.5 cm³/mol. The molecule has 0 aliphatic heterocycles. The van der Waals surface area contributed by atoms with Crippen molar-refractivity contribution < 1.29 is 37.6 Å². The first kappa shape index (κ1) is 15.7. The van der Waals surface area contributed by atoms with E-state index in [9.17, 15) is 14.4 Å². The Labute approximate surface area is 141 Å². The highest BCUT2D eigenvalue weighted by Gasteiger charge is 2.13. The molecule has 0 amide bonds. The molecule has 0 radical (unpaired) electrons. The molecular formula is C16H8O10. The molecule has 0 atom stereocenters. The molecule has 0 fully saturated rings. The molecule has 10 nitrogen and oxygen atoms in total. The van der Waals surface area contributed by atoms with Gasteiger partial charge in [0.2, 0.25) is 6.79 Å². The molecule has 132 valence electrons. The van der Waals surface area contributed by atoms with Gasteiger partial charge in [0, 0.05) is 12.1 Å². The maximum atomic E-state index is 11.9. The van der Waals surface area contributed by atoms with Crippen molar-refractivity contribution in [2.24, 2.45) is 0 Å². The maximum absolute atomic E-state index is 11.9. The second-order valence-electron chi connectivity index (χ2n) is 5.03. The Hall–Kier alpha value is -3.79. The molecule has 0 aliphatic rings. The largest absolute Gasteiger partial charge is 0.431 e. The first-order valence-corrected chi connectivity index (χ1v) is 7.14. The number of benzene rings is 2. The molecule has 2 heterocycles. The van der Waals surface area contributed by atoms with Crippen molar-refractivity contribution in [1.29, 1.82) is 0 Å². The number of carbonyl (C=O) groups is 1. The molecule has 2 aromatic carbocycles. The zero-order valence-corrected chi connectivity index (χ0v) is 12.8. The number of ether oxygens (including phenoxy) is 1. The van der Waals surface area contributed by atoms with Crippen LogP contribution in [-0.4, -0.2) is 12.8 Å². The van der Waals surface area contributed by atoms with Crippen LogP contribution in [0.25, 0.3) is 21.9 Å². The summed E-state index contributed by atoms with van der Waals surface area (Å²) in [6.45, 7) is -0.514. The number of hydrogen-bond donors (Lipinski definition) is 0. The number of carbonyl (C=O) groups excluding carboxylic acids is 1. The number of esters is 1. The van der Waals surface area contributed by atoms with Crippen molar-refractivity contribution in [2.75, 3.05) is 6.79 Å². The van der Waals surface area contributed by atoms with Crippen LogP contribution in [0.15, 0.2) is 64.3 Å². The Kier molecular flexibility index (Phi) is 3.78. The summed E-state index contributed by atoms with van der Waals surface area (Å²) in [5, 5.41) is 0.465. The Morgan fingerprint density at radius 2 is 1.50 bits per heavy atom. The third kappa shape index (κ3) is 2.84. The fraction of sp³-hybridized carbons (Fsp3) is 0.0625. The molecule has 26 heavy (non-hydrogen) atoms. The molecule has 0 saturated carbocycles. The lowest BCUT2D eigenvalue weighted by atomic mass is 10.2. The Morgan fingerprint density at radius 1 is 0.846 bits per heavy atom. The zero-order valence-electron chi connectivity index (χ0n) is 12.8. The SMILES string of the molecule is O=C(OCOOc1ccc2c(=O)ooc2c1)c1ccc2c(=O)ooc2c1. The standard InChI is InChI=1S/C16H8O10/c17-14(8-1-3-10-12(5-8)23-25-15(10)18)20-7-21-22-9-2-4-11-13(6-9)24-26-16(11)19/h1-6H,7H2. The van der Waals surface area contributed by atoms with Crippen LogP contribution >= 0.6 is 0 Å². The minimum atomic E-state index is -0.726. The lowest BCUT2D eigenvalue weighted by Gasteiger charge is -2.05. The van der Waals surface area contributed by atoms with Crippen molar-refractivity contribution in [2.45, 2.75) is 0 Å². The molecule has 2 aromatic heterocycles. The van der Waals surface area contributed by atoms with Crippen LogP contribution in [0.1, 0.15) is 10.4 Å². The van der Waals surface area contributed by atoms with E-state index in [1.807, 2.05) is 0 Å². The van der Waals surface area contributed by atoms with E-state index in [1.54, 1.807) is 0 Å². The summed E-state index contributed by atoms with van der Waals surface area (Å²) in [6.07, 6.45) is 0. The van der Waals surface area contributed by atoms with Crippen LogP contribution in [0.2, 0.25) is 0 Å². The van der Waals surface area contributed by atoms with Gasteiger partial charge in [0.05, 0.1) is 5.56 Å². The first-order valence-electron chi connectivity index (χ1n) is 7.14. The molecule has 4 aromatic rings. The Morgan fingerprint density at radius 3 is 2.23 bits per heavy atom. The molecule has 0 bridgehead atoms. The van der Waals surface area contributed by atoms with E-state index in [-0.39, 0.29) is 33.3 Å². The van der Waals surface area contributed by atoms with E-state index in [1.165, 1.54) is 36.4 Å². The molecule has 10 heteroatoms. The maximum Gasteiger partial charge on any atom is 0.390 e. The summed E-state index contributed by atoms with van der Waals surface area (Å²) in [5.74, 6) is -0.518. The van der Waals surface area contributed by atoms with Crippen LogP contribution in [0, 0.1) is 0 Å². The van der Waals surface area contributed by atoms with Gasteiger partial charge in [-0.05, 0) is 24.3 Å². The van der Waals surface area contributed by atoms with Crippen molar-refractivity contribution in [3.8, 4) is 5.75 Å². The number of fused-ring (bicyclic) bond motifs is 2. The minimum Gasteiger partial charge on any atom is -0.431 e. The third-order valence-electron chi connectivity index (χ3n) is 3.42. The van der Waals surface area contributed by atoms with Crippen LogP contribution in [-0.2, 0) is 9.62 Å². The smallest absolute Gasteiger partial charge is 0.390 e. The van der Waals surface area contributed by atoms with Gasteiger partial charge >= 0.3 is 17.2 Å². The monoisotopic (exact) mass is 360 g/mol. The van der Waals surface area contributed by atoms with Gasteiger partial charge in [0.15, 0.2) is 16.9 Å². The van der Waals surface area contributed by atoms with Gasteiger partial charge in [-0.2, -0.15) is 0 Å². The highest BCUT2D eigenvalue weighted by molar-refractivity contribution is 5.93. The zero-order chi connectivity index (χ0) is 18.1. The average Bonchev–Trinajstić information content (AvgIpc) is 3.21. The lowest BCUT2D eigenvalue weighted by Crippen LogP contribution is -2.10. The minimum absolute atomic E-state index is 0.122. The molecule has 0 aliphatic carbocycles. The summed E-state index contributed by atoms with van der Waals surface area (Å²) < 4.78 is 23.0. The normalized spacial score (nSPS) is 11.1. The van der Waals surface area contributed by atoms with E-state index in [0.717, 1.165) is 0 Å². The fourth-order valence-corrected chi connectivity index (χ4v) is 2.19. The fourth-order valence-electron chi connectivity index (χ4n) is 2.19. The van der Waals surface area contributed by atoms with E-state index < -0.39 is 24.0 Å². The van der Waals surface area contributed by atoms with Gasteiger partial charge in [-0.3, -0.25) is 9.15 Å². The van der Waals surface area contributed by atoms with Gasteiger partial charge < -0.3 is 9.62 Å². The molecule has 0 spiro atoms. The molecule has 0 N–H and O–H groups in total. The second kappa shape index (κ2) is 6.26. The molecule has 4 rings (SSSR count). The topological polar surface area (TPSA) is 131 Å². The van der Waals surface area contributed by atoms with Crippen molar-refractivity contribution in [1.82, 2.24) is 0 Å². The Balaban J connectivity index is 1.34. The number of hydrogen-bond acceptors (Lipinski definition) is 10. The Bertz CT molecular complexity index is 1200. The predicted octanol–water partition coefficient (Wildman–Crippen LogP) is 2.21. The van der Waals surface area contributed by atoms with E-state index >= 15 is 0 Å². The van der Waals surface area contributed by atoms with Crippen molar-refractivity contribution in [3.63, 3.8) is 0 Å². The molecule has 0 saturated heterocycles. The summed E-state index contributed by atoms with van der Waals surface area (Å²) in [4.78, 5) is 44.1. The summed E-state index contributed by atoms with van der Waals surface area (Å²) >= 11 is 0. The highest BCUT2D eigenvalue weighted by atomic mass is 17.2. The van der Waals surface area contributed by atoms with Crippen LogP contribution < -0.4 is 16.1 Å². The van der Waals surface area contributed by atoms with Crippen LogP contribution in [0.5, 0.6) is 5.75 Å². The van der Waals surface area contributed by atoms with Gasteiger partial charge in [0.25, 0.3) is 0 Å². The molecule has 0 unspecified atom stereocenters. The summed E-state index contributed by atoms with van der Waals surface area (Å²) in [5.41, 5.74) is -0.805. The van der Waals surface area contributed by atoms with E-state index in [2.05, 4.69) is 18.3 Å². The van der Waals surface area contributed by atoms with Crippen molar-refractivity contribution >= 4 is 27.9 Å². The van der Waals surface area contributed by atoms with Crippen LogP contribution in [0.3, 0.4) is 0 Å². The van der Waals surface area contributed by atoms with Gasteiger partial charge in [-0.25, -0.2) is 23.5 Å². The molecular weight excluding hydrogens is 352 g/mol. The summed E-state index contributed by atoms with van der Waals surface area (Å²) in [6, 6.07) is 8.32. The van der Waals surface area contributed by atoms with Crippen molar-refractivity contribution in [3.05, 3.63) is 62.8 Å². The van der Waals surface area contributed by atoms with Gasteiger partial charge in [-0.1, -0.05) is 0 Å². The van der Waals surface area contributed by atoms with Crippen LogP contribution in [0.4, 0.5) is 0 Å². The highest BCUT2D eigenvalue weighted by Crippen LogP contribution is 2.19. The number of rotatable bonds is 5. The quantitative estimate of drug-likeness (QED) is 0.171. The summed E-state index contributed by atoms with van der Waals surface area (Å²) in [7, 11) is 0. The first-order chi connectivity index (χ1) is 12.6.